The Balaban J connectivity index is 2.17. The summed E-state index contributed by atoms with van der Waals surface area (Å²) in [6, 6.07) is 1.60. The molecule has 1 aromatic heterocycles. The summed E-state index contributed by atoms with van der Waals surface area (Å²) in [6.07, 6.45) is 8.03. The van der Waals surface area contributed by atoms with Gasteiger partial charge in [-0.25, -0.2) is 13.1 Å². The fourth-order valence-corrected chi connectivity index (χ4v) is 4.99. The number of pyridine rings is 1. The number of rotatable bonds is 4. The molecule has 100 valence electrons. The molecule has 2 atom stereocenters. The smallest absolute Gasteiger partial charge is 0.242 e. The van der Waals surface area contributed by atoms with Crippen LogP contribution < -0.4 is 4.72 Å². The van der Waals surface area contributed by atoms with E-state index >= 15 is 0 Å². The summed E-state index contributed by atoms with van der Waals surface area (Å²) in [5.41, 5.74) is 0. The third-order valence-corrected chi connectivity index (χ3v) is 6.11. The Morgan fingerprint density at radius 1 is 1.44 bits per heavy atom. The summed E-state index contributed by atoms with van der Waals surface area (Å²) in [4.78, 5) is 4.10. The molecule has 7 heteroatoms. The third-order valence-electron chi connectivity index (χ3n) is 3.05. The molecule has 2 rings (SSSR count). The summed E-state index contributed by atoms with van der Waals surface area (Å²) >= 11 is 4.96. The number of halogens is 1. The van der Waals surface area contributed by atoms with Gasteiger partial charge in [0.1, 0.15) is 4.90 Å². The summed E-state index contributed by atoms with van der Waals surface area (Å²) < 4.78 is 27.9. The van der Waals surface area contributed by atoms with E-state index in [0.717, 1.165) is 19.3 Å². The van der Waals surface area contributed by atoms with Crippen molar-refractivity contribution in [2.24, 2.45) is 0 Å². The predicted molar refractivity (Wildman–Crippen MR) is 77.2 cm³/mol. The lowest BCUT2D eigenvalue weighted by molar-refractivity contribution is 0.555. The molecule has 1 saturated carbocycles. The van der Waals surface area contributed by atoms with Gasteiger partial charge in [-0.2, -0.15) is 11.8 Å². The SMILES string of the molecule is CSC1CCCC1NS(=O)(=O)c1cncc(Br)c1. The lowest BCUT2D eigenvalue weighted by atomic mass is 10.3. The molecule has 1 aliphatic rings. The van der Waals surface area contributed by atoms with Crippen molar-refractivity contribution >= 4 is 37.7 Å². The van der Waals surface area contributed by atoms with Gasteiger partial charge in [0.2, 0.25) is 10.0 Å². The maximum absolute atomic E-state index is 12.2. The van der Waals surface area contributed by atoms with E-state index in [1.807, 2.05) is 6.26 Å². The minimum atomic E-state index is -3.47. The largest absolute Gasteiger partial charge is 0.262 e. The monoisotopic (exact) mass is 350 g/mol. The number of thioether (sulfide) groups is 1. The minimum Gasteiger partial charge on any atom is -0.262 e. The van der Waals surface area contributed by atoms with Crippen molar-refractivity contribution < 1.29 is 8.42 Å². The van der Waals surface area contributed by atoms with Gasteiger partial charge in [0, 0.05) is 28.2 Å². The second-order valence-electron chi connectivity index (χ2n) is 4.27. The van der Waals surface area contributed by atoms with Gasteiger partial charge in [0.25, 0.3) is 0 Å². The molecule has 0 aromatic carbocycles. The van der Waals surface area contributed by atoms with Gasteiger partial charge in [-0.3, -0.25) is 4.98 Å². The standard InChI is InChI=1S/C11H15BrN2O2S2/c1-17-11-4-2-3-10(11)14-18(15,16)9-5-8(12)6-13-7-9/h5-7,10-11,14H,2-4H2,1H3. The molecule has 0 aliphatic heterocycles. The van der Waals surface area contributed by atoms with Crippen LogP contribution in [0.5, 0.6) is 0 Å². The summed E-state index contributed by atoms with van der Waals surface area (Å²) in [6.45, 7) is 0. The third kappa shape index (κ3) is 3.26. The van der Waals surface area contributed by atoms with Crippen LogP contribution >= 0.6 is 27.7 Å². The first kappa shape index (κ1) is 14.3. The lowest BCUT2D eigenvalue weighted by Crippen LogP contribution is -2.38. The molecule has 1 heterocycles. The van der Waals surface area contributed by atoms with Crippen molar-refractivity contribution in [2.45, 2.75) is 35.4 Å². The molecule has 0 amide bonds. The summed E-state index contributed by atoms with van der Waals surface area (Å²) in [7, 11) is -3.47. The molecular weight excluding hydrogens is 336 g/mol. The Bertz CT molecular complexity index is 522. The fourth-order valence-electron chi connectivity index (χ4n) is 2.15. The van der Waals surface area contributed by atoms with Crippen molar-refractivity contribution in [1.82, 2.24) is 9.71 Å². The van der Waals surface area contributed by atoms with Crippen molar-refractivity contribution in [2.75, 3.05) is 6.26 Å². The summed E-state index contributed by atoms with van der Waals surface area (Å²) in [5.74, 6) is 0. The summed E-state index contributed by atoms with van der Waals surface area (Å²) in [5, 5.41) is 0.375. The average Bonchev–Trinajstić information content (AvgIpc) is 2.75. The highest BCUT2D eigenvalue weighted by molar-refractivity contribution is 9.10. The van der Waals surface area contributed by atoms with Crippen LogP contribution in [0.15, 0.2) is 27.8 Å². The first-order chi connectivity index (χ1) is 8.53. The van der Waals surface area contributed by atoms with E-state index in [0.29, 0.717) is 9.72 Å². The number of nitrogens with zero attached hydrogens (tertiary/aromatic N) is 1. The molecule has 2 unspecified atom stereocenters. The van der Waals surface area contributed by atoms with Crippen molar-refractivity contribution in [3.63, 3.8) is 0 Å². The van der Waals surface area contributed by atoms with Gasteiger partial charge in [-0.05, 0) is 41.1 Å². The van der Waals surface area contributed by atoms with E-state index in [4.69, 9.17) is 0 Å². The fraction of sp³-hybridized carbons (Fsp3) is 0.545. The number of sulfonamides is 1. The molecular formula is C11H15BrN2O2S2. The highest BCUT2D eigenvalue weighted by Gasteiger charge is 2.30. The molecule has 1 aliphatic carbocycles. The Labute approximate surface area is 120 Å². The lowest BCUT2D eigenvalue weighted by Gasteiger charge is -2.19. The number of aromatic nitrogens is 1. The Morgan fingerprint density at radius 3 is 2.89 bits per heavy atom. The number of hydrogen-bond acceptors (Lipinski definition) is 4. The minimum absolute atomic E-state index is 0.0315. The number of hydrogen-bond donors (Lipinski definition) is 1. The second-order valence-corrected chi connectivity index (χ2v) is 7.98. The number of nitrogens with one attached hydrogen (secondary N) is 1. The van der Waals surface area contributed by atoms with Crippen molar-refractivity contribution in [3.8, 4) is 0 Å². The molecule has 18 heavy (non-hydrogen) atoms. The highest BCUT2D eigenvalue weighted by Crippen LogP contribution is 2.29. The molecule has 1 aromatic rings. The molecule has 0 spiro atoms. The van der Waals surface area contributed by atoms with Crippen LogP contribution in [-0.4, -0.2) is 30.9 Å². The Kier molecular flexibility index (Phi) is 4.69. The van der Waals surface area contributed by atoms with Gasteiger partial charge in [0.15, 0.2) is 0 Å². The molecule has 0 radical (unpaired) electrons. The zero-order valence-electron chi connectivity index (χ0n) is 9.97. The topological polar surface area (TPSA) is 59.1 Å². The zero-order chi connectivity index (χ0) is 13.2. The molecule has 1 fully saturated rings. The van der Waals surface area contributed by atoms with Crippen LogP contribution in [0.2, 0.25) is 0 Å². The predicted octanol–water partition coefficient (Wildman–Crippen LogP) is 2.41. The quantitative estimate of drug-likeness (QED) is 0.905. The first-order valence-electron chi connectivity index (χ1n) is 5.68. The van der Waals surface area contributed by atoms with Crippen LogP contribution in [0.1, 0.15) is 19.3 Å². The van der Waals surface area contributed by atoms with Crippen LogP contribution in [0.3, 0.4) is 0 Å². The maximum atomic E-state index is 12.2. The highest BCUT2D eigenvalue weighted by atomic mass is 79.9. The van der Waals surface area contributed by atoms with Gasteiger partial charge < -0.3 is 0 Å². The average molecular weight is 351 g/mol. The molecule has 0 saturated heterocycles. The second kappa shape index (κ2) is 5.90. The van der Waals surface area contributed by atoms with E-state index in [1.54, 1.807) is 24.0 Å². The van der Waals surface area contributed by atoms with E-state index < -0.39 is 10.0 Å². The normalized spacial score (nSPS) is 24.3. The maximum Gasteiger partial charge on any atom is 0.242 e. The van der Waals surface area contributed by atoms with Gasteiger partial charge in [-0.1, -0.05) is 6.42 Å². The van der Waals surface area contributed by atoms with E-state index in [9.17, 15) is 8.42 Å². The van der Waals surface area contributed by atoms with Crippen LogP contribution in [-0.2, 0) is 10.0 Å². The van der Waals surface area contributed by atoms with Crippen molar-refractivity contribution in [1.29, 1.82) is 0 Å². The first-order valence-corrected chi connectivity index (χ1v) is 9.25. The zero-order valence-corrected chi connectivity index (χ0v) is 13.2. The molecule has 0 bridgehead atoms. The van der Waals surface area contributed by atoms with E-state index in [-0.39, 0.29) is 10.9 Å². The molecule has 1 N–H and O–H groups in total. The van der Waals surface area contributed by atoms with Crippen LogP contribution in [0, 0.1) is 0 Å². The van der Waals surface area contributed by atoms with Gasteiger partial charge in [0.05, 0.1) is 0 Å². The van der Waals surface area contributed by atoms with E-state index in [2.05, 4.69) is 25.6 Å². The van der Waals surface area contributed by atoms with Crippen molar-refractivity contribution in [3.05, 3.63) is 22.9 Å². The van der Waals surface area contributed by atoms with Crippen LogP contribution in [0.4, 0.5) is 0 Å². The van der Waals surface area contributed by atoms with Gasteiger partial charge in [-0.15, -0.1) is 0 Å². The Morgan fingerprint density at radius 2 is 2.22 bits per heavy atom. The van der Waals surface area contributed by atoms with E-state index in [1.165, 1.54) is 6.20 Å². The van der Waals surface area contributed by atoms with Gasteiger partial charge >= 0.3 is 0 Å². The molecule has 4 nitrogen and oxygen atoms in total. The van der Waals surface area contributed by atoms with Crippen LogP contribution in [0.25, 0.3) is 0 Å². The Hall–Kier alpha value is -0.110.